The van der Waals surface area contributed by atoms with Crippen molar-refractivity contribution in [3.05, 3.63) is 12.2 Å². The third-order valence-electron chi connectivity index (χ3n) is 3.39. The van der Waals surface area contributed by atoms with Gasteiger partial charge < -0.3 is 25.8 Å². The van der Waals surface area contributed by atoms with E-state index in [1.165, 1.54) is 10.9 Å². The third-order valence-corrected chi connectivity index (χ3v) is 3.39. The number of aromatic hydroxyl groups is 1. The lowest BCUT2D eigenvalue weighted by molar-refractivity contribution is -0.0437. The fourth-order valence-corrected chi connectivity index (χ4v) is 2.36. The number of aromatic nitrogens is 4. The van der Waals surface area contributed by atoms with Crippen molar-refractivity contribution >= 4 is 11.2 Å². The molecule has 2 aromatic rings. The Bertz CT molecular complexity index is 645. The van der Waals surface area contributed by atoms with Crippen molar-refractivity contribution in [2.45, 2.75) is 31.4 Å². The van der Waals surface area contributed by atoms with Crippen LogP contribution in [0.3, 0.4) is 0 Å². The molecule has 3 rings (SSSR count). The summed E-state index contributed by atoms with van der Waals surface area (Å²) >= 11 is 0. The zero-order chi connectivity index (χ0) is 14.4. The summed E-state index contributed by atoms with van der Waals surface area (Å²) in [5.41, 5.74) is 6.50. The molecule has 1 fully saturated rings. The maximum atomic E-state index is 9.88. The predicted octanol–water partition coefficient (Wildman–Crippen LogP) is -1.58. The number of aliphatic hydroxyl groups is 2. The van der Waals surface area contributed by atoms with Gasteiger partial charge in [0.25, 0.3) is 0 Å². The highest BCUT2D eigenvalue weighted by molar-refractivity contribution is 5.76. The van der Waals surface area contributed by atoms with E-state index in [0.29, 0.717) is 11.5 Å². The highest BCUT2D eigenvalue weighted by Crippen LogP contribution is 2.31. The van der Waals surface area contributed by atoms with E-state index in [1.807, 2.05) is 0 Å². The van der Waals surface area contributed by atoms with Gasteiger partial charge in [-0.2, -0.15) is 4.98 Å². The molecule has 1 aliphatic rings. The van der Waals surface area contributed by atoms with E-state index in [4.69, 9.17) is 15.6 Å². The number of aryl methyl sites for hydroxylation is 1. The van der Waals surface area contributed by atoms with Crippen LogP contribution in [0.4, 0.5) is 0 Å². The molecule has 9 nitrogen and oxygen atoms in total. The monoisotopic (exact) mass is 281 g/mol. The molecule has 5 N–H and O–H groups in total. The summed E-state index contributed by atoms with van der Waals surface area (Å²) in [5.74, 6) is 0.152. The van der Waals surface area contributed by atoms with Crippen LogP contribution in [0, 0.1) is 6.92 Å². The van der Waals surface area contributed by atoms with Gasteiger partial charge in [0.2, 0.25) is 5.88 Å². The zero-order valence-electron chi connectivity index (χ0n) is 10.7. The molecule has 108 valence electrons. The van der Waals surface area contributed by atoms with Crippen molar-refractivity contribution < 1.29 is 20.1 Å². The maximum absolute atomic E-state index is 9.88. The van der Waals surface area contributed by atoms with Crippen molar-refractivity contribution in [1.29, 1.82) is 0 Å². The molecule has 3 heterocycles. The largest absolute Gasteiger partial charge is 0.492 e. The smallest absolute Gasteiger partial charge is 0.243 e. The minimum Gasteiger partial charge on any atom is -0.492 e. The van der Waals surface area contributed by atoms with Gasteiger partial charge in [0.15, 0.2) is 17.4 Å². The van der Waals surface area contributed by atoms with E-state index in [9.17, 15) is 10.2 Å². The van der Waals surface area contributed by atoms with Crippen LogP contribution in [0.1, 0.15) is 12.1 Å². The minimum absolute atomic E-state index is 0.225. The molecule has 0 aromatic carbocycles. The topological polar surface area (TPSA) is 140 Å². The summed E-state index contributed by atoms with van der Waals surface area (Å²) in [6.07, 6.45) is -1.06. The number of rotatable bonds is 2. The Hall–Kier alpha value is -1.81. The van der Waals surface area contributed by atoms with Crippen LogP contribution in [0.15, 0.2) is 6.33 Å². The first-order valence-corrected chi connectivity index (χ1v) is 6.13. The van der Waals surface area contributed by atoms with Gasteiger partial charge in [0, 0.05) is 0 Å². The van der Waals surface area contributed by atoms with Crippen LogP contribution in [0.25, 0.3) is 11.2 Å². The van der Waals surface area contributed by atoms with Gasteiger partial charge in [-0.15, -0.1) is 0 Å². The molecule has 20 heavy (non-hydrogen) atoms. The Morgan fingerprint density at radius 3 is 2.85 bits per heavy atom. The quantitative estimate of drug-likeness (QED) is 0.517. The van der Waals surface area contributed by atoms with Crippen molar-refractivity contribution in [3.8, 4) is 5.88 Å². The number of nitrogens with two attached hydrogens (primary N) is 1. The molecule has 0 spiro atoms. The lowest BCUT2D eigenvalue weighted by Crippen LogP contribution is -2.39. The number of nitrogens with zero attached hydrogens (tertiary/aromatic N) is 4. The predicted molar refractivity (Wildman–Crippen MR) is 66.7 cm³/mol. The van der Waals surface area contributed by atoms with Crippen LogP contribution in [0.2, 0.25) is 0 Å². The molecule has 4 atom stereocenters. The van der Waals surface area contributed by atoms with Crippen LogP contribution in [-0.2, 0) is 4.74 Å². The molecular formula is C11H15N5O4. The Balaban J connectivity index is 2.07. The van der Waals surface area contributed by atoms with Crippen molar-refractivity contribution in [2.24, 2.45) is 5.73 Å². The molecule has 0 unspecified atom stereocenters. The number of fused-ring (bicyclic) bond motifs is 1. The van der Waals surface area contributed by atoms with Crippen molar-refractivity contribution in [3.63, 3.8) is 0 Å². The lowest BCUT2D eigenvalue weighted by atomic mass is 10.1. The van der Waals surface area contributed by atoms with E-state index in [0.717, 1.165) is 0 Å². The van der Waals surface area contributed by atoms with Crippen LogP contribution >= 0.6 is 0 Å². The fourth-order valence-electron chi connectivity index (χ4n) is 2.36. The maximum Gasteiger partial charge on any atom is 0.243 e. The first-order chi connectivity index (χ1) is 9.52. The molecular weight excluding hydrogens is 266 g/mol. The lowest BCUT2D eigenvalue weighted by Gasteiger charge is -2.17. The van der Waals surface area contributed by atoms with Gasteiger partial charge in [-0.25, -0.2) is 9.97 Å². The minimum atomic E-state index is -0.987. The Morgan fingerprint density at radius 1 is 1.45 bits per heavy atom. The first-order valence-electron chi connectivity index (χ1n) is 6.13. The van der Waals surface area contributed by atoms with Gasteiger partial charge in [-0.05, 0) is 6.92 Å². The molecule has 9 heteroatoms. The van der Waals surface area contributed by atoms with Crippen molar-refractivity contribution in [1.82, 2.24) is 19.5 Å². The van der Waals surface area contributed by atoms with Crippen LogP contribution < -0.4 is 5.73 Å². The van der Waals surface area contributed by atoms with E-state index < -0.39 is 24.5 Å². The Kier molecular flexibility index (Phi) is 3.05. The number of hydrogen-bond acceptors (Lipinski definition) is 8. The summed E-state index contributed by atoms with van der Waals surface area (Å²) in [5, 5.41) is 28.8. The number of imidazole rings is 1. The molecule has 0 amide bonds. The summed E-state index contributed by atoms with van der Waals surface area (Å²) in [6.45, 7) is 1.30. The van der Waals surface area contributed by atoms with E-state index >= 15 is 0 Å². The van der Waals surface area contributed by atoms with Gasteiger partial charge in [-0.3, -0.25) is 4.57 Å². The highest BCUT2D eigenvalue weighted by atomic mass is 16.5. The van der Waals surface area contributed by atoms with E-state index in [2.05, 4.69) is 15.0 Å². The van der Waals surface area contributed by atoms with Crippen LogP contribution in [0.5, 0.6) is 5.88 Å². The first kappa shape index (κ1) is 13.2. The fraction of sp³-hybridized carbons (Fsp3) is 0.545. The number of aliphatic hydroxyl groups excluding tert-OH is 2. The molecule has 2 aromatic heterocycles. The number of ether oxygens (including phenoxy) is 1. The SMILES string of the molecule is Cc1nc(O)c2ncn([C@@H]3O[C@H](CO)[C@@H](O)[C@H]3N)c2n1. The second-order valence-electron chi connectivity index (χ2n) is 4.73. The second-order valence-corrected chi connectivity index (χ2v) is 4.73. The van der Waals surface area contributed by atoms with E-state index in [-0.39, 0.29) is 18.0 Å². The average molecular weight is 281 g/mol. The Labute approximate surface area is 113 Å². The van der Waals surface area contributed by atoms with Gasteiger partial charge >= 0.3 is 0 Å². The average Bonchev–Trinajstić information content (AvgIpc) is 2.93. The highest BCUT2D eigenvalue weighted by Gasteiger charge is 2.42. The van der Waals surface area contributed by atoms with Crippen LogP contribution in [-0.4, -0.2) is 59.7 Å². The van der Waals surface area contributed by atoms with Gasteiger partial charge in [0.1, 0.15) is 18.0 Å². The number of hydrogen-bond donors (Lipinski definition) is 4. The molecule has 0 saturated carbocycles. The summed E-state index contributed by atoms with van der Waals surface area (Å²) in [4.78, 5) is 12.0. The van der Waals surface area contributed by atoms with Gasteiger partial charge in [0.05, 0.1) is 19.0 Å². The molecule has 1 aliphatic heterocycles. The summed E-state index contributed by atoms with van der Waals surface area (Å²) in [6, 6.07) is -0.734. The second kappa shape index (κ2) is 4.63. The van der Waals surface area contributed by atoms with Crippen molar-refractivity contribution in [2.75, 3.05) is 6.61 Å². The summed E-state index contributed by atoms with van der Waals surface area (Å²) in [7, 11) is 0. The van der Waals surface area contributed by atoms with E-state index in [1.54, 1.807) is 6.92 Å². The Morgan fingerprint density at radius 2 is 2.20 bits per heavy atom. The normalized spacial score (nSPS) is 30.2. The molecule has 0 bridgehead atoms. The third kappa shape index (κ3) is 1.83. The molecule has 1 saturated heterocycles. The molecule has 0 radical (unpaired) electrons. The van der Waals surface area contributed by atoms with Gasteiger partial charge in [-0.1, -0.05) is 0 Å². The molecule has 0 aliphatic carbocycles. The standard InChI is InChI=1S/C11H15N5O4/c1-4-14-9-7(10(19)15-4)13-3-16(9)11-6(12)8(18)5(2-17)20-11/h3,5-6,8,11,17-18H,2,12H2,1H3,(H,14,15,19)/t5-,6-,8-,11-/m1/s1. The zero-order valence-corrected chi connectivity index (χ0v) is 10.7. The summed E-state index contributed by atoms with van der Waals surface area (Å²) < 4.78 is 7.04.